The Morgan fingerprint density at radius 3 is 3.04 bits per heavy atom. The second-order valence-corrected chi connectivity index (χ2v) is 7.20. The van der Waals surface area contributed by atoms with Crippen molar-refractivity contribution in [1.82, 2.24) is 9.97 Å². The summed E-state index contributed by atoms with van der Waals surface area (Å²) in [4.78, 5) is 20.1. The number of thioether (sulfide) groups is 1. The average Bonchev–Trinajstić information content (AvgIpc) is 2.98. The molecule has 118 valence electrons. The third-order valence-corrected chi connectivity index (χ3v) is 5.41. The van der Waals surface area contributed by atoms with Crippen molar-refractivity contribution in [2.75, 3.05) is 5.32 Å². The number of nitriles is 1. The molecule has 1 aliphatic rings. The second kappa shape index (κ2) is 7.11. The monoisotopic (exact) mass is 344 g/mol. The highest BCUT2D eigenvalue weighted by Crippen LogP contribution is 2.30. The lowest BCUT2D eigenvalue weighted by Gasteiger charge is -2.16. The summed E-state index contributed by atoms with van der Waals surface area (Å²) in [5.74, 6) is 0.512. The average molecular weight is 344 g/mol. The molecular formula is C16H16N4OS2. The summed E-state index contributed by atoms with van der Waals surface area (Å²) < 4.78 is 0. The minimum atomic E-state index is -0.123. The van der Waals surface area contributed by atoms with Gasteiger partial charge in [0.1, 0.15) is 11.1 Å². The number of nitrogens with zero attached hydrogens (tertiary/aromatic N) is 3. The van der Waals surface area contributed by atoms with Gasteiger partial charge < -0.3 is 5.32 Å². The smallest absolute Gasteiger partial charge is 0.223 e. The number of amides is 1. The van der Waals surface area contributed by atoms with Crippen LogP contribution in [0.15, 0.2) is 16.5 Å². The maximum atomic E-state index is 11.0. The summed E-state index contributed by atoms with van der Waals surface area (Å²) in [7, 11) is 0. The Bertz CT molecular complexity index is 779. The first-order valence-corrected chi connectivity index (χ1v) is 9.30. The first kappa shape index (κ1) is 16.0. The Kier molecular flexibility index (Phi) is 4.94. The van der Waals surface area contributed by atoms with Gasteiger partial charge in [0.2, 0.25) is 5.91 Å². The number of aromatic nitrogens is 2. The quantitative estimate of drug-likeness (QED) is 0.858. The number of pyridine rings is 1. The van der Waals surface area contributed by atoms with Gasteiger partial charge >= 0.3 is 0 Å². The normalized spacial score (nSPS) is 13.2. The van der Waals surface area contributed by atoms with E-state index in [1.54, 1.807) is 0 Å². The Labute approximate surface area is 143 Å². The van der Waals surface area contributed by atoms with Crippen LogP contribution >= 0.6 is 23.1 Å². The number of carbonyl (C=O) groups is 1. The van der Waals surface area contributed by atoms with E-state index in [1.807, 2.05) is 11.4 Å². The van der Waals surface area contributed by atoms with Crippen molar-refractivity contribution >= 4 is 34.1 Å². The molecule has 0 aromatic carbocycles. The van der Waals surface area contributed by atoms with Crippen LogP contribution in [0.1, 0.15) is 42.3 Å². The van der Waals surface area contributed by atoms with E-state index in [4.69, 9.17) is 4.98 Å². The van der Waals surface area contributed by atoms with Gasteiger partial charge in [0.25, 0.3) is 0 Å². The van der Waals surface area contributed by atoms with E-state index in [1.165, 1.54) is 48.4 Å². The highest BCUT2D eigenvalue weighted by molar-refractivity contribution is 7.98. The first-order valence-electron chi connectivity index (χ1n) is 7.43. The van der Waals surface area contributed by atoms with Crippen LogP contribution in [0, 0.1) is 11.3 Å². The molecule has 3 rings (SSSR count). The minimum absolute atomic E-state index is 0.123. The molecule has 2 aromatic rings. The van der Waals surface area contributed by atoms with Crippen molar-refractivity contribution in [3.05, 3.63) is 34.0 Å². The van der Waals surface area contributed by atoms with Gasteiger partial charge in [-0.25, -0.2) is 9.97 Å². The van der Waals surface area contributed by atoms with Crippen LogP contribution in [0.3, 0.4) is 0 Å². The number of aryl methyl sites for hydroxylation is 2. The summed E-state index contributed by atoms with van der Waals surface area (Å²) in [6.45, 7) is 1.46. The molecule has 2 heterocycles. The van der Waals surface area contributed by atoms with Crippen molar-refractivity contribution in [2.45, 2.75) is 43.4 Å². The Morgan fingerprint density at radius 2 is 2.26 bits per heavy atom. The lowest BCUT2D eigenvalue weighted by atomic mass is 9.95. The van der Waals surface area contributed by atoms with Gasteiger partial charge in [0.05, 0.1) is 11.3 Å². The van der Waals surface area contributed by atoms with Crippen LogP contribution in [-0.4, -0.2) is 15.9 Å². The molecule has 0 unspecified atom stereocenters. The Balaban J connectivity index is 1.73. The number of anilines is 1. The van der Waals surface area contributed by atoms with E-state index < -0.39 is 0 Å². The zero-order chi connectivity index (χ0) is 16.2. The lowest BCUT2D eigenvalue weighted by Crippen LogP contribution is -2.07. The van der Waals surface area contributed by atoms with Crippen molar-refractivity contribution in [2.24, 2.45) is 0 Å². The van der Waals surface area contributed by atoms with Crippen LogP contribution in [-0.2, 0) is 23.4 Å². The summed E-state index contributed by atoms with van der Waals surface area (Å²) in [5, 5.41) is 15.3. The van der Waals surface area contributed by atoms with Crippen LogP contribution < -0.4 is 5.32 Å². The standard InChI is InChI=1S/C16H16N4OS2/c1-10(21)18-16-19-13(9-23-16)8-22-15-12(7-17)6-11-4-2-3-5-14(11)20-15/h6,9H,2-5,8H2,1H3,(H,18,19,21). The molecule has 0 spiro atoms. The fourth-order valence-electron chi connectivity index (χ4n) is 2.53. The molecule has 23 heavy (non-hydrogen) atoms. The third-order valence-electron chi connectivity index (χ3n) is 3.58. The second-order valence-electron chi connectivity index (χ2n) is 5.38. The molecule has 2 aromatic heterocycles. The first-order chi connectivity index (χ1) is 11.2. The van der Waals surface area contributed by atoms with Gasteiger partial charge in [-0.2, -0.15) is 5.26 Å². The fourth-order valence-corrected chi connectivity index (χ4v) is 4.26. The van der Waals surface area contributed by atoms with Crippen molar-refractivity contribution in [1.29, 1.82) is 5.26 Å². The summed E-state index contributed by atoms with van der Waals surface area (Å²) >= 11 is 2.93. The number of carbonyl (C=O) groups excluding carboxylic acids is 1. The van der Waals surface area contributed by atoms with Crippen LogP contribution in [0.4, 0.5) is 5.13 Å². The third kappa shape index (κ3) is 3.89. The fraction of sp³-hybridized carbons (Fsp3) is 0.375. The van der Waals surface area contributed by atoms with E-state index in [9.17, 15) is 10.1 Å². The van der Waals surface area contributed by atoms with Crippen LogP contribution in [0.5, 0.6) is 0 Å². The van der Waals surface area contributed by atoms with Crippen molar-refractivity contribution < 1.29 is 4.79 Å². The SMILES string of the molecule is CC(=O)Nc1nc(CSc2nc3c(cc2C#N)CCCC3)cs1. The lowest BCUT2D eigenvalue weighted by molar-refractivity contribution is -0.114. The predicted octanol–water partition coefficient (Wildman–Crippen LogP) is 3.54. The van der Waals surface area contributed by atoms with Gasteiger partial charge in [-0.05, 0) is 37.3 Å². The van der Waals surface area contributed by atoms with E-state index in [0.717, 1.165) is 29.3 Å². The number of thiazole rings is 1. The predicted molar refractivity (Wildman–Crippen MR) is 91.6 cm³/mol. The van der Waals surface area contributed by atoms with Gasteiger partial charge in [0.15, 0.2) is 5.13 Å². The highest BCUT2D eigenvalue weighted by atomic mass is 32.2. The molecule has 1 aliphatic carbocycles. The van der Waals surface area contributed by atoms with E-state index in [2.05, 4.69) is 16.4 Å². The molecule has 0 bridgehead atoms. The topological polar surface area (TPSA) is 78.7 Å². The van der Waals surface area contributed by atoms with Crippen LogP contribution in [0.25, 0.3) is 0 Å². The van der Waals surface area contributed by atoms with Gasteiger partial charge in [-0.15, -0.1) is 11.3 Å². The van der Waals surface area contributed by atoms with Gasteiger partial charge in [-0.3, -0.25) is 4.79 Å². The van der Waals surface area contributed by atoms with Gasteiger partial charge in [0, 0.05) is 23.8 Å². The highest BCUT2D eigenvalue weighted by Gasteiger charge is 2.16. The number of rotatable bonds is 4. The number of fused-ring (bicyclic) bond motifs is 1. The number of nitrogens with one attached hydrogen (secondary N) is 1. The summed E-state index contributed by atoms with van der Waals surface area (Å²) in [6.07, 6.45) is 4.37. The Hall–Kier alpha value is -1.91. The number of hydrogen-bond acceptors (Lipinski definition) is 6. The maximum absolute atomic E-state index is 11.0. The van der Waals surface area contributed by atoms with Crippen LogP contribution in [0.2, 0.25) is 0 Å². The molecule has 1 amide bonds. The molecule has 7 heteroatoms. The molecule has 0 fully saturated rings. The zero-order valence-corrected chi connectivity index (χ0v) is 14.4. The van der Waals surface area contributed by atoms with Crippen molar-refractivity contribution in [3.8, 4) is 6.07 Å². The van der Waals surface area contributed by atoms with E-state index >= 15 is 0 Å². The minimum Gasteiger partial charge on any atom is -0.302 e. The number of hydrogen-bond donors (Lipinski definition) is 1. The molecule has 0 saturated carbocycles. The zero-order valence-electron chi connectivity index (χ0n) is 12.8. The molecule has 0 atom stereocenters. The maximum Gasteiger partial charge on any atom is 0.223 e. The molecule has 1 N–H and O–H groups in total. The largest absolute Gasteiger partial charge is 0.302 e. The van der Waals surface area contributed by atoms with E-state index in [0.29, 0.717) is 16.4 Å². The molecule has 0 aliphatic heterocycles. The van der Waals surface area contributed by atoms with Crippen molar-refractivity contribution in [3.63, 3.8) is 0 Å². The summed E-state index contributed by atoms with van der Waals surface area (Å²) in [6, 6.07) is 4.25. The van der Waals surface area contributed by atoms with Gasteiger partial charge in [-0.1, -0.05) is 11.8 Å². The Morgan fingerprint density at radius 1 is 1.43 bits per heavy atom. The molecule has 5 nitrogen and oxygen atoms in total. The molecule has 0 saturated heterocycles. The summed E-state index contributed by atoms with van der Waals surface area (Å²) in [5.41, 5.74) is 3.88. The molecule has 0 radical (unpaired) electrons. The van der Waals surface area contributed by atoms with E-state index in [-0.39, 0.29) is 5.91 Å². The molecular weight excluding hydrogens is 328 g/mol.